The van der Waals surface area contributed by atoms with Gasteiger partial charge in [-0.25, -0.2) is 0 Å². The molecule has 1 fully saturated rings. The van der Waals surface area contributed by atoms with Crippen LogP contribution in [0, 0.1) is 0 Å². The molecule has 1 atom stereocenters. The molecule has 24 heavy (non-hydrogen) atoms. The molecule has 2 heterocycles. The summed E-state index contributed by atoms with van der Waals surface area (Å²) in [7, 11) is 1.67. The fourth-order valence-electron chi connectivity index (χ4n) is 2.99. The van der Waals surface area contributed by atoms with Crippen LogP contribution < -0.4 is 14.8 Å². The van der Waals surface area contributed by atoms with E-state index in [9.17, 15) is 0 Å². The van der Waals surface area contributed by atoms with Gasteiger partial charge in [0.1, 0.15) is 6.61 Å². The maximum Gasteiger partial charge on any atom is 0.161 e. The monoisotopic (exact) mass is 327 g/mol. The first-order valence-electron chi connectivity index (χ1n) is 8.39. The minimum atomic E-state index is 0.484. The topological polar surface area (TPSA) is 46.6 Å². The van der Waals surface area contributed by atoms with E-state index < -0.39 is 0 Å². The molecule has 1 aliphatic heterocycles. The van der Waals surface area contributed by atoms with E-state index in [0.29, 0.717) is 12.6 Å². The lowest BCUT2D eigenvalue weighted by Gasteiger charge is -2.31. The Morgan fingerprint density at radius 3 is 2.92 bits per heavy atom. The Kier molecular flexibility index (Phi) is 5.67. The van der Waals surface area contributed by atoms with Gasteiger partial charge in [0.15, 0.2) is 11.5 Å². The minimum absolute atomic E-state index is 0.484. The predicted molar refractivity (Wildman–Crippen MR) is 94.3 cm³/mol. The normalized spacial score (nSPS) is 18.3. The van der Waals surface area contributed by atoms with Gasteiger partial charge in [0.2, 0.25) is 0 Å². The number of nitrogens with one attached hydrogen (secondary N) is 1. The van der Waals surface area contributed by atoms with Gasteiger partial charge in [0.25, 0.3) is 0 Å². The van der Waals surface area contributed by atoms with Crippen molar-refractivity contribution in [2.45, 2.75) is 26.1 Å². The highest BCUT2D eigenvalue weighted by Crippen LogP contribution is 2.29. The first kappa shape index (κ1) is 16.7. The van der Waals surface area contributed by atoms with Gasteiger partial charge in [-0.3, -0.25) is 9.88 Å². The van der Waals surface area contributed by atoms with E-state index in [1.807, 2.05) is 24.4 Å². The lowest BCUT2D eigenvalue weighted by Crippen LogP contribution is -2.48. The fourth-order valence-corrected chi connectivity index (χ4v) is 2.99. The third kappa shape index (κ3) is 4.46. The standard InChI is InChI=1S/C19H25N3O2/c1-15-12-22(9-8-21-15)13-16-5-6-18(23-2)19(10-16)24-14-17-4-3-7-20-11-17/h3-7,10-11,15,21H,8-9,12-14H2,1-2H3/t15-/m1/s1. The highest BCUT2D eigenvalue weighted by Gasteiger charge is 2.16. The molecule has 3 rings (SSSR count). The van der Waals surface area contributed by atoms with Crippen molar-refractivity contribution in [2.24, 2.45) is 0 Å². The first-order chi connectivity index (χ1) is 11.7. The summed E-state index contributed by atoms with van der Waals surface area (Å²) < 4.78 is 11.4. The number of hydrogen-bond donors (Lipinski definition) is 1. The van der Waals surface area contributed by atoms with Gasteiger partial charge < -0.3 is 14.8 Å². The molecule has 5 heteroatoms. The number of hydrogen-bond acceptors (Lipinski definition) is 5. The van der Waals surface area contributed by atoms with Crippen molar-refractivity contribution in [1.82, 2.24) is 15.2 Å². The summed E-state index contributed by atoms with van der Waals surface area (Å²) in [4.78, 5) is 6.58. The quantitative estimate of drug-likeness (QED) is 0.883. The zero-order valence-electron chi connectivity index (χ0n) is 14.4. The second kappa shape index (κ2) is 8.13. The lowest BCUT2D eigenvalue weighted by atomic mass is 10.1. The van der Waals surface area contributed by atoms with Crippen LogP contribution in [0.25, 0.3) is 0 Å². The summed E-state index contributed by atoms with van der Waals surface area (Å²) >= 11 is 0. The van der Waals surface area contributed by atoms with Crippen LogP contribution in [0.15, 0.2) is 42.7 Å². The van der Waals surface area contributed by atoms with E-state index in [4.69, 9.17) is 9.47 Å². The zero-order valence-corrected chi connectivity index (χ0v) is 14.4. The van der Waals surface area contributed by atoms with E-state index in [1.165, 1.54) is 5.56 Å². The molecular formula is C19H25N3O2. The van der Waals surface area contributed by atoms with Gasteiger partial charge in [0, 0.05) is 50.2 Å². The molecule has 2 aromatic rings. The van der Waals surface area contributed by atoms with Crippen molar-refractivity contribution in [2.75, 3.05) is 26.7 Å². The van der Waals surface area contributed by atoms with Gasteiger partial charge >= 0.3 is 0 Å². The van der Waals surface area contributed by atoms with Gasteiger partial charge in [-0.15, -0.1) is 0 Å². The number of nitrogens with zero attached hydrogens (tertiary/aromatic N) is 2. The molecule has 0 bridgehead atoms. The molecule has 0 spiro atoms. The van der Waals surface area contributed by atoms with Gasteiger partial charge in [0.05, 0.1) is 7.11 Å². The fraction of sp³-hybridized carbons (Fsp3) is 0.421. The van der Waals surface area contributed by atoms with Crippen molar-refractivity contribution < 1.29 is 9.47 Å². The molecule has 1 saturated heterocycles. The number of benzene rings is 1. The van der Waals surface area contributed by atoms with Gasteiger partial charge in [-0.1, -0.05) is 12.1 Å². The average molecular weight is 327 g/mol. The summed E-state index contributed by atoms with van der Waals surface area (Å²) in [5, 5.41) is 3.47. The Hall–Kier alpha value is -2.11. The van der Waals surface area contributed by atoms with Crippen LogP contribution in [-0.4, -0.2) is 42.7 Å². The van der Waals surface area contributed by atoms with Crippen LogP contribution in [-0.2, 0) is 13.2 Å². The number of piperazine rings is 1. The van der Waals surface area contributed by atoms with Crippen molar-refractivity contribution in [3.05, 3.63) is 53.9 Å². The second-order valence-electron chi connectivity index (χ2n) is 6.23. The third-order valence-electron chi connectivity index (χ3n) is 4.20. The Morgan fingerprint density at radius 2 is 2.17 bits per heavy atom. The highest BCUT2D eigenvalue weighted by molar-refractivity contribution is 5.43. The van der Waals surface area contributed by atoms with Crippen LogP contribution in [0.1, 0.15) is 18.1 Å². The molecule has 1 aliphatic rings. The SMILES string of the molecule is COc1ccc(CN2CCN[C@H](C)C2)cc1OCc1cccnc1. The van der Waals surface area contributed by atoms with Gasteiger partial charge in [-0.2, -0.15) is 0 Å². The van der Waals surface area contributed by atoms with Crippen molar-refractivity contribution in [1.29, 1.82) is 0 Å². The maximum absolute atomic E-state index is 5.97. The largest absolute Gasteiger partial charge is 0.493 e. The van der Waals surface area contributed by atoms with Crippen LogP contribution in [0.5, 0.6) is 11.5 Å². The Bertz CT molecular complexity index is 648. The number of aromatic nitrogens is 1. The molecule has 1 aromatic carbocycles. The summed E-state index contributed by atoms with van der Waals surface area (Å²) in [5.41, 5.74) is 2.28. The Labute approximate surface area is 143 Å². The molecule has 1 aromatic heterocycles. The van der Waals surface area contributed by atoms with E-state index in [2.05, 4.69) is 34.3 Å². The summed E-state index contributed by atoms with van der Waals surface area (Å²) in [6.45, 7) is 6.82. The Morgan fingerprint density at radius 1 is 1.25 bits per heavy atom. The minimum Gasteiger partial charge on any atom is -0.493 e. The third-order valence-corrected chi connectivity index (χ3v) is 4.20. The maximum atomic E-state index is 5.97. The lowest BCUT2D eigenvalue weighted by molar-refractivity contribution is 0.199. The van der Waals surface area contributed by atoms with Crippen LogP contribution in [0.4, 0.5) is 0 Å². The molecule has 0 aliphatic carbocycles. The Balaban J connectivity index is 1.68. The van der Waals surface area contributed by atoms with Crippen LogP contribution in [0.3, 0.4) is 0 Å². The van der Waals surface area contributed by atoms with Crippen molar-refractivity contribution >= 4 is 0 Å². The number of pyridine rings is 1. The van der Waals surface area contributed by atoms with Crippen molar-refractivity contribution in [3.63, 3.8) is 0 Å². The van der Waals surface area contributed by atoms with Crippen molar-refractivity contribution in [3.8, 4) is 11.5 Å². The molecule has 128 valence electrons. The molecule has 0 radical (unpaired) electrons. The number of rotatable bonds is 6. The first-order valence-corrected chi connectivity index (χ1v) is 8.39. The number of ether oxygens (including phenoxy) is 2. The predicted octanol–water partition coefficient (Wildman–Crippen LogP) is 2.46. The van der Waals surface area contributed by atoms with E-state index in [0.717, 1.165) is 43.2 Å². The molecule has 1 N–H and O–H groups in total. The van der Waals surface area contributed by atoms with E-state index >= 15 is 0 Å². The summed E-state index contributed by atoms with van der Waals surface area (Å²) in [6.07, 6.45) is 3.58. The number of methoxy groups -OCH3 is 1. The summed E-state index contributed by atoms with van der Waals surface area (Å²) in [5.74, 6) is 1.54. The molecule has 0 amide bonds. The van der Waals surface area contributed by atoms with E-state index in [1.54, 1.807) is 13.3 Å². The zero-order chi connectivity index (χ0) is 16.8. The average Bonchev–Trinajstić information content (AvgIpc) is 2.61. The van der Waals surface area contributed by atoms with E-state index in [-0.39, 0.29) is 0 Å². The van der Waals surface area contributed by atoms with Crippen LogP contribution >= 0.6 is 0 Å². The van der Waals surface area contributed by atoms with Gasteiger partial charge in [-0.05, 0) is 30.7 Å². The highest BCUT2D eigenvalue weighted by atomic mass is 16.5. The molecule has 5 nitrogen and oxygen atoms in total. The smallest absolute Gasteiger partial charge is 0.161 e. The van der Waals surface area contributed by atoms with Crippen LogP contribution in [0.2, 0.25) is 0 Å². The second-order valence-corrected chi connectivity index (χ2v) is 6.23. The molecule has 0 saturated carbocycles. The molecule has 0 unspecified atom stereocenters. The molecular weight excluding hydrogens is 302 g/mol. The summed E-state index contributed by atoms with van der Waals surface area (Å²) in [6, 6.07) is 10.6.